The van der Waals surface area contributed by atoms with Crippen LogP contribution >= 0.6 is 24.8 Å². The Kier molecular flexibility index (Phi) is 7.65. The number of amides is 1. The molecule has 3 aliphatic heterocycles. The number of hydrogen-bond donors (Lipinski definition) is 3. The third-order valence-corrected chi connectivity index (χ3v) is 5.65. The molecule has 0 bridgehead atoms. The monoisotopic (exact) mass is 414 g/mol. The van der Waals surface area contributed by atoms with Gasteiger partial charge < -0.3 is 16.0 Å². The minimum Gasteiger partial charge on any atom is -0.351 e. The number of aryl methyl sites for hydroxylation is 1. The predicted octanol–water partition coefficient (Wildman–Crippen LogP) is 0.903. The van der Waals surface area contributed by atoms with E-state index in [1.54, 1.807) is 0 Å². The minimum atomic E-state index is -0.600. The summed E-state index contributed by atoms with van der Waals surface area (Å²) in [5.41, 5.74) is 2.90. The highest BCUT2D eigenvalue weighted by atomic mass is 35.5. The Morgan fingerprint density at radius 1 is 1.19 bits per heavy atom. The number of ketones is 1. The molecule has 1 amide bonds. The summed E-state index contributed by atoms with van der Waals surface area (Å²) >= 11 is 0. The van der Waals surface area contributed by atoms with Gasteiger partial charge in [0.2, 0.25) is 5.91 Å². The number of hydrogen-bond acceptors (Lipinski definition) is 5. The van der Waals surface area contributed by atoms with Gasteiger partial charge in [0, 0.05) is 50.4 Å². The normalized spacial score (nSPS) is 27.3. The summed E-state index contributed by atoms with van der Waals surface area (Å²) in [6, 6.07) is 6.02. The van der Waals surface area contributed by atoms with Crippen molar-refractivity contribution in [1.29, 1.82) is 0 Å². The maximum absolute atomic E-state index is 13.2. The SMILES string of the molecule is Cc1ccc(C(=O)C2C(=O)NC3CCNC32)c(CN2CCNCC2)c1.Cl.Cl. The topological polar surface area (TPSA) is 73.5 Å². The van der Waals surface area contributed by atoms with Gasteiger partial charge in [-0.05, 0) is 25.5 Å². The Labute approximate surface area is 172 Å². The lowest BCUT2D eigenvalue weighted by molar-refractivity contribution is -0.121. The second-order valence-corrected chi connectivity index (χ2v) is 7.41. The van der Waals surface area contributed by atoms with Crippen LogP contribution in [0.2, 0.25) is 0 Å². The van der Waals surface area contributed by atoms with Gasteiger partial charge in [0.05, 0.1) is 0 Å². The molecule has 3 unspecified atom stereocenters. The van der Waals surface area contributed by atoms with Crippen LogP contribution < -0.4 is 16.0 Å². The molecule has 3 N–H and O–H groups in total. The summed E-state index contributed by atoms with van der Waals surface area (Å²) in [4.78, 5) is 28.0. The Morgan fingerprint density at radius 3 is 2.67 bits per heavy atom. The molecule has 3 fully saturated rings. The molecule has 3 heterocycles. The van der Waals surface area contributed by atoms with Crippen molar-refractivity contribution in [3.63, 3.8) is 0 Å². The largest absolute Gasteiger partial charge is 0.351 e. The summed E-state index contributed by atoms with van der Waals surface area (Å²) in [6.45, 7) is 7.60. The van der Waals surface area contributed by atoms with Crippen LogP contribution in [0.15, 0.2) is 18.2 Å². The molecule has 150 valence electrons. The van der Waals surface area contributed by atoms with Gasteiger partial charge in [0.1, 0.15) is 5.92 Å². The third-order valence-electron chi connectivity index (χ3n) is 5.65. The molecule has 1 aromatic carbocycles. The van der Waals surface area contributed by atoms with Gasteiger partial charge in [-0.15, -0.1) is 24.8 Å². The van der Waals surface area contributed by atoms with E-state index in [2.05, 4.69) is 26.9 Å². The van der Waals surface area contributed by atoms with Crippen molar-refractivity contribution in [3.05, 3.63) is 34.9 Å². The smallest absolute Gasteiger partial charge is 0.232 e. The van der Waals surface area contributed by atoms with E-state index >= 15 is 0 Å². The summed E-state index contributed by atoms with van der Waals surface area (Å²) in [5, 5.41) is 9.68. The van der Waals surface area contributed by atoms with Crippen LogP contribution in [-0.2, 0) is 11.3 Å². The molecule has 3 atom stereocenters. The van der Waals surface area contributed by atoms with Crippen LogP contribution in [0, 0.1) is 12.8 Å². The molecular formula is C19H28Cl2N4O2. The van der Waals surface area contributed by atoms with E-state index in [9.17, 15) is 9.59 Å². The molecule has 4 rings (SSSR count). The fourth-order valence-corrected chi connectivity index (χ4v) is 4.33. The van der Waals surface area contributed by atoms with Gasteiger partial charge in [0.15, 0.2) is 5.78 Å². The molecule has 0 aliphatic carbocycles. The number of benzene rings is 1. The summed E-state index contributed by atoms with van der Waals surface area (Å²) in [5.74, 6) is -0.762. The van der Waals surface area contributed by atoms with Crippen molar-refractivity contribution < 1.29 is 9.59 Å². The molecule has 3 saturated heterocycles. The van der Waals surface area contributed by atoms with Crippen LogP contribution in [0.5, 0.6) is 0 Å². The Bertz CT molecular complexity index is 694. The number of Topliss-reactive ketones (excluding diaryl/α,β-unsaturated/α-hetero) is 1. The fourth-order valence-electron chi connectivity index (χ4n) is 4.33. The lowest BCUT2D eigenvalue weighted by Crippen LogP contribution is -2.43. The maximum Gasteiger partial charge on any atom is 0.232 e. The van der Waals surface area contributed by atoms with Crippen molar-refractivity contribution in [2.24, 2.45) is 5.92 Å². The summed E-state index contributed by atoms with van der Waals surface area (Å²) in [6.07, 6.45) is 0.904. The van der Waals surface area contributed by atoms with Crippen molar-refractivity contribution in [1.82, 2.24) is 20.9 Å². The second-order valence-electron chi connectivity index (χ2n) is 7.41. The van der Waals surface area contributed by atoms with Gasteiger partial charge in [-0.2, -0.15) is 0 Å². The first-order valence-electron chi connectivity index (χ1n) is 9.24. The first kappa shape index (κ1) is 22.1. The van der Waals surface area contributed by atoms with Gasteiger partial charge in [-0.25, -0.2) is 0 Å². The second kappa shape index (κ2) is 9.34. The van der Waals surface area contributed by atoms with Crippen molar-refractivity contribution in [2.45, 2.75) is 32.0 Å². The predicted molar refractivity (Wildman–Crippen MR) is 110 cm³/mol. The Morgan fingerprint density at radius 2 is 1.93 bits per heavy atom. The summed E-state index contributed by atoms with van der Waals surface area (Å²) in [7, 11) is 0. The molecule has 27 heavy (non-hydrogen) atoms. The molecule has 0 aromatic heterocycles. The van der Waals surface area contributed by atoms with E-state index < -0.39 is 5.92 Å². The van der Waals surface area contributed by atoms with Crippen LogP contribution in [-0.4, -0.2) is 61.4 Å². The van der Waals surface area contributed by atoms with Crippen LogP contribution in [0.25, 0.3) is 0 Å². The van der Waals surface area contributed by atoms with E-state index in [4.69, 9.17) is 0 Å². The van der Waals surface area contributed by atoms with E-state index in [0.29, 0.717) is 5.56 Å². The minimum absolute atomic E-state index is 0. The number of piperazine rings is 1. The lowest BCUT2D eigenvalue weighted by Gasteiger charge is -2.28. The third kappa shape index (κ3) is 4.46. The van der Waals surface area contributed by atoms with E-state index in [0.717, 1.165) is 56.8 Å². The van der Waals surface area contributed by atoms with Crippen LogP contribution in [0.1, 0.15) is 27.9 Å². The van der Waals surface area contributed by atoms with Crippen LogP contribution in [0.4, 0.5) is 0 Å². The standard InChI is InChI=1S/C19H26N4O2.2ClH/c1-12-2-3-14(13(10-12)11-23-8-6-20-7-9-23)18(24)16-17-15(4-5-21-17)22-19(16)25;;/h2-3,10,15-17,20-21H,4-9,11H2,1H3,(H,22,25);2*1H. The number of fused-ring (bicyclic) bond motifs is 1. The highest BCUT2D eigenvalue weighted by Crippen LogP contribution is 2.28. The molecule has 6 nitrogen and oxygen atoms in total. The zero-order valence-electron chi connectivity index (χ0n) is 15.5. The number of rotatable bonds is 4. The highest BCUT2D eigenvalue weighted by molar-refractivity contribution is 6.12. The zero-order valence-corrected chi connectivity index (χ0v) is 17.1. The van der Waals surface area contributed by atoms with Crippen molar-refractivity contribution in [2.75, 3.05) is 32.7 Å². The summed E-state index contributed by atoms with van der Waals surface area (Å²) < 4.78 is 0. The molecule has 0 radical (unpaired) electrons. The Balaban J connectivity index is 0.00000131. The zero-order chi connectivity index (χ0) is 17.4. The van der Waals surface area contributed by atoms with Crippen molar-refractivity contribution >= 4 is 36.5 Å². The molecule has 0 saturated carbocycles. The van der Waals surface area contributed by atoms with E-state index in [1.807, 2.05) is 19.1 Å². The highest BCUT2D eigenvalue weighted by Gasteiger charge is 2.48. The number of halogens is 2. The quantitative estimate of drug-likeness (QED) is 0.504. The molecular weight excluding hydrogens is 387 g/mol. The average Bonchev–Trinajstić information content (AvgIpc) is 3.15. The van der Waals surface area contributed by atoms with Gasteiger partial charge in [-0.3, -0.25) is 14.5 Å². The van der Waals surface area contributed by atoms with Crippen LogP contribution in [0.3, 0.4) is 0 Å². The van der Waals surface area contributed by atoms with Gasteiger partial charge in [-0.1, -0.05) is 23.8 Å². The number of carbonyl (C=O) groups is 2. The lowest BCUT2D eigenvalue weighted by atomic mass is 9.88. The number of nitrogens with zero attached hydrogens (tertiary/aromatic N) is 1. The molecule has 0 spiro atoms. The first-order valence-corrected chi connectivity index (χ1v) is 9.24. The van der Waals surface area contributed by atoms with Gasteiger partial charge >= 0.3 is 0 Å². The Hall–Kier alpha value is -1.18. The molecule has 3 aliphatic rings. The van der Waals surface area contributed by atoms with E-state index in [1.165, 1.54) is 0 Å². The van der Waals surface area contributed by atoms with E-state index in [-0.39, 0.29) is 48.6 Å². The molecule has 1 aromatic rings. The van der Waals surface area contributed by atoms with Gasteiger partial charge in [0.25, 0.3) is 0 Å². The molecule has 8 heteroatoms. The number of nitrogens with one attached hydrogen (secondary N) is 3. The first-order chi connectivity index (χ1) is 12.1. The average molecular weight is 415 g/mol. The fraction of sp³-hybridized carbons (Fsp3) is 0.579. The maximum atomic E-state index is 13.2. The van der Waals surface area contributed by atoms with Crippen molar-refractivity contribution in [3.8, 4) is 0 Å². The number of carbonyl (C=O) groups excluding carboxylic acids is 2.